The van der Waals surface area contributed by atoms with Crippen molar-refractivity contribution in [2.24, 2.45) is 0 Å². The molecular weight excluding hydrogens is 264 g/mol. The molecule has 1 aromatic carbocycles. The Balaban J connectivity index is 1.82. The Hall–Kier alpha value is -2.19. The van der Waals surface area contributed by atoms with E-state index in [0.717, 1.165) is 36.6 Å². The van der Waals surface area contributed by atoms with E-state index in [1.54, 1.807) is 12.1 Å². The maximum Gasteiger partial charge on any atom is 0.224 e. The molecular formula is C16H18N4O. The van der Waals surface area contributed by atoms with Crippen molar-refractivity contribution in [1.82, 2.24) is 15.3 Å². The molecule has 1 aromatic heterocycles. The summed E-state index contributed by atoms with van der Waals surface area (Å²) in [5.74, 6) is 0.588. The fraction of sp³-hybridized carbons (Fsp3) is 0.438. The monoisotopic (exact) mass is 282 g/mol. The topological polar surface area (TPSA) is 70.8 Å². The first-order valence-corrected chi connectivity index (χ1v) is 7.29. The highest BCUT2D eigenvalue weighted by Crippen LogP contribution is 2.27. The molecule has 21 heavy (non-hydrogen) atoms. The first kappa shape index (κ1) is 13.8. The average molecular weight is 282 g/mol. The van der Waals surface area contributed by atoms with E-state index >= 15 is 0 Å². The van der Waals surface area contributed by atoms with E-state index in [1.165, 1.54) is 6.33 Å². The van der Waals surface area contributed by atoms with Crippen molar-refractivity contribution < 1.29 is 4.74 Å². The quantitative estimate of drug-likeness (QED) is 0.936. The molecule has 0 saturated heterocycles. The fourth-order valence-electron chi connectivity index (χ4n) is 2.82. The van der Waals surface area contributed by atoms with Crippen LogP contribution in [0.15, 0.2) is 24.5 Å². The maximum atomic E-state index is 9.03. The van der Waals surface area contributed by atoms with E-state index < -0.39 is 0 Å². The van der Waals surface area contributed by atoms with Crippen LogP contribution in [0.4, 0.5) is 0 Å². The third-order valence-corrected chi connectivity index (χ3v) is 4.09. The summed E-state index contributed by atoms with van der Waals surface area (Å²) in [5.41, 5.74) is 1.41. The highest BCUT2D eigenvalue weighted by atomic mass is 16.5. The zero-order chi connectivity index (χ0) is 14.7. The lowest BCUT2D eigenvalue weighted by molar-refractivity contribution is 0.138. The second-order valence-electron chi connectivity index (χ2n) is 5.40. The van der Waals surface area contributed by atoms with Crippen molar-refractivity contribution in [2.45, 2.75) is 37.8 Å². The Bertz CT molecular complexity index is 672. The summed E-state index contributed by atoms with van der Waals surface area (Å²) in [6, 6.07) is 8.13. The zero-order valence-corrected chi connectivity index (χ0v) is 12.0. The molecule has 1 N–H and O–H groups in total. The van der Waals surface area contributed by atoms with Gasteiger partial charge in [-0.05, 0) is 50.9 Å². The van der Waals surface area contributed by atoms with Gasteiger partial charge in [-0.25, -0.2) is 9.97 Å². The number of fused-ring (bicyclic) bond motifs is 1. The second kappa shape index (κ2) is 6.06. The van der Waals surface area contributed by atoms with Gasteiger partial charge in [0.05, 0.1) is 22.5 Å². The van der Waals surface area contributed by atoms with Crippen LogP contribution in [0.25, 0.3) is 10.9 Å². The molecule has 0 radical (unpaired) electrons. The van der Waals surface area contributed by atoms with Crippen molar-refractivity contribution >= 4 is 10.9 Å². The summed E-state index contributed by atoms with van der Waals surface area (Å²) in [7, 11) is 2.01. The van der Waals surface area contributed by atoms with Gasteiger partial charge in [0.15, 0.2) is 0 Å². The predicted octanol–water partition coefficient (Wildman–Crippen LogP) is 2.41. The normalized spacial score (nSPS) is 21.9. The van der Waals surface area contributed by atoms with Gasteiger partial charge in [-0.1, -0.05) is 0 Å². The van der Waals surface area contributed by atoms with Gasteiger partial charge in [-0.2, -0.15) is 5.26 Å². The summed E-state index contributed by atoms with van der Waals surface area (Å²) in [6.07, 6.45) is 5.99. The minimum Gasteiger partial charge on any atom is -0.474 e. The summed E-state index contributed by atoms with van der Waals surface area (Å²) < 4.78 is 6.07. The smallest absolute Gasteiger partial charge is 0.224 e. The van der Waals surface area contributed by atoms with E-state index in [1.807, 2.05) is 13.1 Å². The van der Waals surface area contributed by atoms with Crippen molar-refractivity contribution in [1.29, 1.82) is 5.26 Å². The van der Waals surface area contributed by atoms with E-state index in [4.69, 9.17) is 10.00 Å². The first-order valence-electron chi connectivity index (χ1n) is 7.29. The van der Waals surface area contributed by atoms with Crippen molar-refractivity contribution in [3.05, 3.63) is 30.1 Å². The van der Waals surface area contributed by atoms with Gasteiger partial charge in [0.25, 0.3) is 0 Å². The van der Waals surface area contributed by atoms with Crippen LogP contribution in [0.2, 0.25) is 0 Å². The highest BCUT2D eigenvalue weighted by molar-refractivity contribution is 5.84. The predicted molar refractivity (Wildman–Crippen MR) is 80.0 cm³/mol. The van der Waals surface area contributed by atoms with Gasteiger partial charge in [-0.3, -0.25) is 0 Å². The van der Waals surface area contributed by atoms with Crippen LogP contribution in [-0.4, -0.2) is 29.2 Å². The number of aromatic nitrogens is 2. The fourth-order valence-corrected chi connectivity index (χ4v) is 2.82. The van der Waals surface area contributed by atoms with Crippen LogP contribution < -0.4 is 10.1 Å². The zero-order valence-electron chi connectivity index (χ0n) is 12.0. The number of hydrogen-bond acceptors (Lipinski definition) is 5. The molecule has 3 rings (SSSR count). The minimum absolute atomic E-state index is 0.193. The van der Waals surface area contributed by atoms with Crippen LogP contribution >= 0.6 is 0 Å². The number of nitrogens with zero attached hydrogens (tertiary/aromatic N) is 3. The number of ether oxygens (including phenoxy) is 1. The molecule has 0 unspecified atom stereocenters. The molecule has 0 atom stereocenters. The standard InChI is InChI=1S/C16H18N4O/c1-18-12-3-5-13(6-4-12)21-16-14-8-11(9-17)2-7-15(14)19-10-20-16/h2,7-8,10,12-13,18H,3-6H2,1H3/t12-,13-. The Morgan fingerprint density at radius 2 is 2.05 bits per heavy atom. The third-order valence-electron chi connectivity index (χ3n) is 4.09. The molecule has 0 amide bonds. The lowest BCUT2D eigenvalue weighted by atomic mass is 9.93. The molecule has 1 saturated carbocycles. The molecule has 5 heteroatoms. The van der Waals surface area contributed by atoms with Crippen molar-refractivity contribution in [3.63, 3.8) is 0 Å². The molecule has 1 fully saturated rings. The molecule has 1 aliphatic rings. The number of hydrogen-bond donors (Lipinski definition) is 1. The largest absolute Gasteiger partial charge is 0.474 e. The third kappa shape index (κ3) is 2.96. The van der Waals surface area contributed by atoms with Gasteiger partial charge in [-0.15, -0.1) is 0 Å². The lowest BCUT2D eigenvalue weighted by Crippen LogP contribution is -2.34. The maximum absolute atomic E-state index is 9.03. The van der Waals surface area contributed by atoms with Gasteiger partial charge >= 0.3 is 0 Å². The number of nitriles is 1. The molecule has 0 aliphatic heterocycles. The molecule has 0 spiro atoms. The Labute approximate surface area is 124 Å². The molecule has 1 aliphatic carbocycles. The van der Waals surface area contributed by atoms with Gasteiger partial charge in [0.2, 0.25) is 5.88 Å². The van der Waals surface area contributed by atoms with Crippen LogP contribution in [0.5, 0.6) is 5.88 Å². The molecule has 0 bridgehead atoms. The highest BCUT2D eigenvalue weighted by Gasteiger charge is 2.22. The van der Waals surface area contributed by atoms with Crippen molar-refractivity contribution in [3.8, 4) is 11.9 Å². The summed E-state index contributed by atoms with van der Waals surface area (Å²) in [4.78, 5) is 8.48. The van der Waals surface area contributed by atoms with Crippen molar-refractivity contribution in [2.75, 3.05) is 7.05 Å². The molecule has 5 nitrogen and oxygen atoms in total. The lowest BCUT2D eigenvalue weighted by Gasteiger charge is -2.28. The van der Waals surface area contributed by atoms with Gasteiger partial charge in [0, 0.05) is 6.04 Å². The summed E-state index contributed by atoms with van der Waals surface area (Å²) in [6.45, 7) is 0. The molecule has 1 heterocycles. The van der Waals surface area contributed by atoms with E-state index in [0.29, 0.717) is 17.5 Å². The van der Waals surface area contributed by atoms with Crippen LogP contribution in [0, 0.1) is 11.3 Å². The molecule has 108 valence electrons. The number of benzene rings is 1. The summed E-state index contributed by atoms with van der Waals surface area (Å²) >= 11 is 0. The molecule has 2 aromatic rings. The van der Waals surface area contributed by atoms with Crippen LogP contribution in [0.1, 0.15) is 31.2 Å². The number of nitrogens with one attached hydrogen (secondary N) is 1. The van der Waals surface area contributed by atoms with Gasteiger partial charge < -0.3 is 10.1 Å². The van der Waals surface area contributed by atoms with E-state index in [-0.39, 0.29) is 6.10 Å². The Morgan fingerprint density at radius 3 is 2.76 bits per heavy atom. The average Bonchev–Trinajstić information content (AvgIpc) is 2.55. The van der Waals surface area contributed by atoms with Crippen LogP contribution in [-0.2, 0) is 0 Å². The van der Waals surface area contributed by atoms with Gasteiger partial charge in [0.1, 0.15) is 12.4 Å². The summed E-state index contributed by atoms with van der Waals surface area (Å²) in [5, 5.41) is 13.2. The van der Waals surface area contributed by atoms with E-state index in [9.17, 15) is 0 Å². The second-order valence-corrected chi connectivity index (χ2v) is 5.40. The SMILES string of the molecule is CN[C@H]1CC[C@H](Oc2ncnc3ccc(C#N)cc23)CC1. The van der Waals surface area contributed by atoms with Crippen LogP contribution in [0.3, 0.4) is 0 Å². The van der Waals surface area contributed by atoms with E-state index in [2.05, 4.69) is 21.4 Å². The minimum atomic E-state index is 0.193. The Morgan fingerprint density at radius 1 is 1.24 bits per heavy atom. The first-order chi connectivity index (χ1) is 10.3. The number of rotatable bonds is 3. The Kier molecular flexibility index (Phi) is 3.98.